The fourth-order valence-electron chi connectivity index (χ4n) is 3.91. The highest BCUT2D eigenvalue weighted by atomic mass is 19.4. The monoisotopic (exact) mass is 501 g/mol. The van der Waals surface area contributed by atoms with Crippen molar-refractivity contribution in [3.8, 4) is 11.3 Å². The highest BCUT2D eigenvalue weighted by molar-refractivity contribution is 5.82. The molecule has 0 spiro atoms. The summed E-state index contributed by atoms with van der Waals surface area (Å²) in [7, 11) is 0. The number of hydrogen-bond donors (Lipinski definition) is 1. The largest absolute Gasteiger partial charge is 0.390 e. The van der Waals surface area contributed by atoms with E-state index < -0.39 is 12.6 Å². The van der Waals surface area contributed by atoms with Crippen molar-refractivity contribution in [1.29, 1.82) is 0 Å². The molecular formula is C26H34F3N7. The van der Waals surface area contributed by atoms with Gasteiger partial charge in [-0.2, -0.15) is 18.3 Å². The number of pyridine rings is 2. The van der Waals surface area contributed by atoms with E-state index in [0.717, 1.165) is 58.5 Å². The number of rotatable bonds is 5. The van der Waals surface area contributed by atoms with Crippen molar-refractivity contribution in [1.82, 2.24) is 25.1 Å². The second-order valence-corrected chi connectivity index (χ2v) is 9.12. The number of hydrogen-bond acceptors (Lipinski definition) is 6. The molecule has 1 aliphatic rings. The number of aromatic nitrogens is 4. The molecule has 0 radical (unpaired) electrons. The van der Waals surface area contributed by atoms with Crippen molar-refractivity contribution in [2.45, 2.75) is 47.2 Å². The maximum atomic E-state index is 12.2. The van der Waals surface area contributed by atoms with E-state index in [0.29, 0.717) is 13.1 Å². The number of anilines is 1. The average molecular weight is 502 g/mol. The summed E-state index contributed by atoms with van der Waals surface area (Å²) < 4.78 is 36.5. The molecule has 4 heterocycles. The quantitative estimate of drug-likeness (QED) is 0.457. The summed E-state index contributed by atoms with van der Waals surface area (Å²) in [5.41, 5.74) is 7.94. The maximum absolute atomic E-state index is 12.2. The van der Waals surface area contributed by atoms with Gasteiger partial charge < -0.3 is 4.90 Å². The lowest BCUT2D eigenvalue weighted by Crippen LogP contribution is -2.47. The van der Waals surface area contributed by atoms with Crippen LogP contribution in [0.1, 0.15) is 37.4 Å². The molecule has 0 aliphatic carbocycles. The Balaban J connectivity index is 0.000000202. The Morgan fingerprint density at radius 3 is 2.33 bits per heavy atom. The SMILES string of the molecule is CC(C)=Nc1ccc(-c2cn[nH]c2C)nc1C.Cc1cc(N2CCN(CCC(F)(F)F)CC2)ccn1. The molecule has 194 valence electrons. The van der Waals surface area contributed by atoms with Crippen LogP contribution in [0.2, 0.25) is 0 Å². The van der Waals surface area contributed by atoms with Crippen LogP contribution in [-0.2, 0) is 0 Å². The Kier molecular flexibility index (Phi) is 9.19. The lowest BCUT2D eigenvalue weighted by molar-refractivity contribution is -0.138. The van der Waals surface area contributed by atoms with E-state index in [1.54, 1.807) is 12.4 Å². The van der Waals surface area contributed by atoms with Crippen LogP contribution >= 0.6 is 0 Å². The van der Waals surface area contributed by atoms with E-state index in [4.69, 9.17) is 0 Å². The Hall–Kier alpha value is -3.27. The summed E-state index contributed by atoms with van der Waals surface area (Å²) in [5.74, 6) is 0. The van der Waals surface area contributed by atoms with Gasteiger partial charge in [0.15, 0.2) is 0 Å². The second kappa shape index (κ2) is 12.1. The molecule has 7 nitrogen and oxygen atoms in total. The average Bonchev–Trinajstić information content (AvgIpc) is 3.25. The van der Waals surface area contributed by atoms with Gasteiger partial charge in [-0.25, -0.2) is 0 Å². The van der Waals surface area contributed by atoms with Crippen LogP contribution in [-0.4, -0.2) is 69.7 Å². The second-order valence-electron chi connectivity index (χ2n) is 9.12. The molecule has 3 aromatic heterocycles. The molecule has 3 aromatic rings. The Labute approximate surface area is 210 Å². The van der Waals surface area contributed by atoms with Crippen molar-refractivity contribution < 1.29 is 13.2 Å². The number of aromatic amines is 1. The van der Waals surface area contributed by atoms with Crippen LogP contribution in [0.5, 0.6) is 0 Å². The summed E-state index contributed by atoms with van der Waals surface area (Å²) in [4.78, 5) is 17.2. The summed E-state index contributed by atoms with van der Waals surface area (Å²) in [6, 6.07) is 7.92. The van der Waals surface area contributed by atoms with E-state index >= 15 is 0 Å². The Morgan fingerprint density at radius 1 is 1.06 bits per heavy atom. The minimum atomic E-state index is -4.06. The van der Waals surface area contributed by atoms with Crippen LogP contribution in [0.4, 0.5) is 24.5 Å². The molecular weight excluding hydrogens is 467 g/mol. The summed E-state index contributed by atoms with van der Waals surface area (Å²) in [6.45, 7) is 12.8. The van der Waals surface area contributed by atoms with Gasteiger partial charge in [0, 0.05) is 67.3 Å². The van der Waals surface area contributed by atoms with Gasteiger partial charge in [-0.15, -0.1) is 0 Å². The lowest BCUT2D eigenvalue weighted by Gasteiger charge is -2.36. The summed E-state index contributed by atoms with van der Waals surface area (Å²) >= 11 is 0. The highest BCUT2D eigenvalue weighted by Crippen LogP contribution is 2.25. The van der Waals surface area contributed by atoms with Crippen LogP contribution in [0.3, 0.4) is 0 Å². The molecule has 0 amide bonds. The molecule has 1 aliphatic heterocycles. The molecule has 1 fully saturated rings. The van der Waals surface area contributed by atoms with Crippen molar-refractivity contribution in [2.75, 3.05) is 37.6 Å². The number of aliphatic imine (C=N–C) groups is 1. The Bertz CT molecular complexity index is 1160. The van der Waals surface area contributed by atoms with Crippen molar-refractivity contribution >= 4 is 17.1 Å². The standard InChI is InChI=1S/C13H18F3N3.C13H16N4/c1-11-10-12(2-4-17-11)19-8-6-18(7-9-19)5-3-13(14,15)16;1-8(2)15-12-5-6-13(16-10(12)4)11-7-14-17-9(11)3/h2,4,10H,3,5-9H2,1H3;5-7H,1-4H3,(H,14,17). The van der Waals surface area contributed by atoms with Gasteiger partial charge in [-0.05, 0) is 58.9 Å². The topological polar surface area (TPSA) is 73.3 Å². The summed E-state index contributed by atoms with van der Waals surface area (Å²) in [5, 5.41) is 6.92. The molecule has 10 heteroatoms. The number of H-pyrrole nitrogens is 1. The van der Waals surface area contributed by atoms with Gasteiger partial charge in [0.05, 0.1) is 29.7 Å². The third-order valence-electron chi connectivity index (χ3n) is 5.84. The van der Waals surface area contributed by atoms with Gasteiger partial charge in [0.25, 0.3) is 0 Å². The number of nitrogens with one attached hydrogen (secondary N) is 1. The summed E-state index contributed by atoms with van der Waals surface area (Å²) in [6.07, 6.45) is -1.22. The number of alkyl halides is 3. The van der Waals surface area contributed by atoms with Gasteiger partial charge in [0.1, 0.15) is 0 Å². The molecule has 0 saturated carbocycles. The molecule has 0 bridgehead atoms. The molecule has 36 heavy (non-hydrogen) atoms. The van der Waals surface area contributed by atoms with Crippen LogP contribution in [0, 0.1) is 20.8 Å². The van der Waals surface area contributed by atoms with Gasteiger partial charge in [0.2, 0.25) is 0 Å². The number of aryl methyl sites for hydroxylation is 3. The first-order chi connectivity index (χ1) is 17.0. The predicted octanol–water partition coefficient (Wildman–Crippen LogP) is 5.67. The first kappa shape index (κ1) is 27.3. The van der Waals surface area contributed by atoms with Crippen molar-refractivity contribution in [3.05, 3.63) is 53.7 Å². The molecule has 0 atom stereocenters. The molecule has 0 aromatic carbocycles. The molecule has 1 saturated heterocycles. The zero-order valence-corrected chi connectivity index (χ0v) is 21.5. The zero-order valence-electron chi connectivity index (χ0n) is 21.5. The van der Waals surface area contributed by atoms with E-state index in [9.17, 15) is 13.2 Å². The third kappa shape index (κ3) is 8.15. The van der Waals surface area contributed by atoms with Crippen molar-refractivity contribution in [3.63, 3.8) is 0 Å². The van der Waals surface area contributed by atoms with Gasteiger partial charge >= 0.3 is 6.18 Å². The number of halogens is 3. The van der Waals surface area contributed by atoms with Crippen LogP contribution < -0.4 is 4.90 Å². The van der Waals surface area contributed by atoms with E-state index in [1.165, 1.54) is 0 Å². The zero-order chi connectivity index (χ0) is 26.3. The van der Waals surface area contributed by atoms with Gasteiger partial charge in [-0.1, -0.05) is 0 Å². The fourth-order valence-corrected chi connectivity index (χ4v) is 3.91. The number of nitrogens with zero attached hydrogens (tertiary/aromatic N) is 6. The van der Waals surface area contributed by atoms with Crippen LogP contribution in [0.15, 0.2) is 41.7 Å². The fraction of sp³-hybridized carbons (Fsp3) is 0.462. The number of piperazine rings is 1. The van der Waals surface area contributed by atoms with Crippen LogP contribution in [0.25, 0.3) is 11.3 Å². The van der Waals surface area contributed by atoms with Crippen molar-refractivity contribution in [2.24, 2.45) is 4.99 Å². The van der Waals surface area contributed by atoms with E-state index in [-0.39, 0.29) is 6.54 Å². The van der Waals surface area contributed by atoms with E-state index in [1.807, 2.05) is 63.8 Å². The highest BCUT2D eigenvalue weighted by Gasteiger charge is 2.28. The Morgan fingerprint density at radius 2 is 1.78 bits per heavy atom. The minimum absolute atomic E-state index is 0.104. The molecule has 0 unspecified atom stereocenters. The lowest BCUT2D eigenvalue weighted by atomic mass is 10.1. The van der Waals surface area contributed by atoms with E-state index in [2.05, 4.69) is 30.1 Å². The first-order valence-corrected chi connectivity index (χ1v) is 12.0. The van der Waals surface area contributed by atoms with Gasteiger partial charge in [-0.3, -0.25) is 25.0 Å². The smallest absolute Gasteiger partial charge is 0.369 e. The molecule has 4 rings (SSSR count). The minimum Gasteiger partial charge on any atom is -0.369 e. The normalized spacial score (nSPS) is 14.3. The maximum Gasteiger partial charge on any atom is 0.390 e. The molecule has 1 N–H and O–H groups in total. The predicted molar refractivity (Wildman–Crippen MR) is 138 cm³/mol. The first-order valence-electron chi connectivity index (χ1n) is 12.0. The third-order valence-corrected chi connectivity index (χ3v) is 5.84.